The Labute approximate surface area is 161 Å². The first kappa shape index (κ1) is 20.8. The van der Waals surface area contributed by atoms with E-state index in [-0.39, 0.29) is 24.0 Å². The summed E-state index contributed by atoms with van der Waals surface area (Å²) in [5.74, 6) is 1.29. The lowest BCUT2D eigenvalue weighted by Crippen LogP contribution is -2.52. The Morgan fingerprint density at radius 1 is 1.21 bits per heavy atom. The summed E-state index contributed by atoms with van der Waals surface area (Å²) in [6, 6.07) is 7.51. The van der Waals surface area contributed by atoms with Crippen LogP contribution in [-0.2, 0) is 4.74 Å². The summed E-state index contributed by atoms with van der Waals surface area (Å²) in [6.45, 7) is 10.5. The van der Waals surface area contributed by atoms with Crippen LogP contribution in [0.25, 0.3) is 0 Å². The number of nitrogens with zero attached hydrogens (tertiary/aromatic N) is 3. The lowest BCUT2D eigenvalue weighted by atomic mass is 10.2. The van der Waals surface area contributed by atoms with Crippen molar-refractivity contribution >= 4 is 35.6 Å². The topological polar surface area (TPSA) is 60.3 Å². The van der Waals surface area contributed by atoms with Gasteiger partial charge in [0.05, 0.1) is 18.8 Å². The SMILES string of the molecule is CCNC(=NCCOCC)N1CCN(c2ccccc2O)CC1.I. The van der Waals surface area contributed by atoms with Gasteiger partial charge in [0.25, 0.3) is 0 Å². The molecular weight excluding hydrogens is 419 g/mol. The number of halogens is 1. The number of benzene rings is 1. The van der Waals surface area contributed by atoms with Crippen molar-refractivity contribution in [1.29, 1.82) is 0 Å². The second-order valence-corrected chi connectivity index (χ2v) is 5.40. The smallest absolute Gasteiger partial charge is 0.194 e. The van der Waals surface area contributed by atoms with Crippen LogP contribution >= 0.6 is 24.0 Å². The standard InChI is InChI=1S/C17H28N4O2.HI/c1-3-18-17(19-9-14-23-4-2)21-12-10-20(11-13-21)15-7-5-6-8-16(15)22;/h5-8,22H,3-4,9-14H2,1-2H3,(H,18,19);1H. The van der Waals surface area contributed by atoms with Crippen LogP contribution in [0.5, 0.6) is 5.75 Å². The summed E-state index contributed by atoms with van der Waals surface area (Å²) in [4.78, 5) is 9.12. The minimum absolute atomic E-state index is 0. The van der Waals surface area contributed by atoms with Crippen LogP contribution in [0.3, 0.4) is 0 Å². The number of hydrogen-bond acceptors (Lipinski definition) is 4. The highest BCUT2D eigenvalue weighted by molar-refractivity contribution is 14.0. The van der Waals surface area contributed by atoms with Crippen molar-refractivity contribution in [2.45, 2.75) is 13.8 Å². The highest BCUT2D eigenvalue weighted by Crippen LogP contribution is 2.27. The quantitative estimate of drug-likeness (QED) is 0.302. The predicted octanol–water partition coefficient (Wildman–Crippen LogP) is 2.13. The zero-order valence-corrected chi connectivity index (χ0v) is 16.9. The molecule has 0 amide bonds. The molecule has 0 radical (unpaired) electrons. The van der Waals surface area contributed by atoms with E-state index < -0.39 is 0 Å². The van der Waals surface area contributed by atoms with E-state index in [1.165, 1.54) is 0 Å². The van der Waals surface area contributed by atoms with Gasteiger partial charge in [-0.05, 0) is 26.0 Å². The minimum atomic E-state index is 0. The molecule has 1 aromatic rings. The zero-order valence-electron chi connectivity index (χ0n) is 14.6. The zero-order chi connectivity index (χ0) is 16.5. The van der Waals surface area contributed by atoms with Gasteiger partial charge in [0.1, 0.15) is 5.75 Å². The van der Waals surface area contributed by atoms with Gasteiger partial charge in [0.15, 0.2) is 5.96 Å². The summed E-state index contributed by atoms with van der Waals surface area (Å²) in [5, 5.41) is 13.3. The highest BCUT2D eigenvalue weighted by atomic mass is 127. The van der Waals surface area contributed by atoms with E-state index in [2.05, 4.69) is 27.0 Å². The molecule has 0 spiro atoms. The first-order chi connectivity index (χ1) is 11.3. The molecule has 0 aliphatic carbocycles. The number of aromatic hydroxyl groups is 1. The van der Waals surface area contributed by atoms with E-state index in [1.54, 1.807) is 6.07 Å². The van der Waals surface area contributed by atoms with Crippen molar-refractivity contribution < 1.29 is 9.84 Å². The first-order valence-corrected chi connectivity index (χ1v) is 8.40. The Balaban J connectivity index is 0.00000288. The van der Waals surface area contributed by atoms with Crippen molar-refractivity contribution in [3.63, 3.8) is 0 Å². The minimum Gasteiger partial charge on any atom is -0.506 e. The van der Waals surface area contributed by atoms with Crippen LogP contribution in [0.15, 0.2) is 29.3 Å². The maximum atomic E-state index is 9.98. The highest BCUT2D eigenvalue weighted by Gasteiger charge is 2.21. The summed E-state index contributed by atoms with van der Waals surface area (Å²) in [5.41, 5.74) is 0.908. The average Bonchev–Trinajstić information content (AvgIpc) is 2.58. The Bertz CT molecular complexity index is 505. The van der Waals surface area contributed by atoms with Gasteiger partial charge >= 0.3 is 0 Å². The molecule has 1 saturated heterocycles. The van der Waals surface area contributed by atoms with Crippen molar-refractivity contribution in [3.8, 4) is 5.75 Å². The maximum Gasteiger partial charge on any atom is 0.194 e. The molecular formula is C17H29IN4O2. The van der Waals surface area contributed by atoms with Crippen LogP contribution in [0, 0.1) is 0 Å². The second-order valence-electron chi connectivity index (χ2n) is 5.40. The van der Waals surface area contributed by atoms with Gasteiger partial charge in [0.2, 0.25) is 0 Å². The molecule has 1 aromatic carbocycles. The van der Waals surface area contributed by atoms with Crippen molar-refractivity contribution in [3.05, 3.63) is 24.3 Å². The third-order valence-corrected chi connectivity index (χ3v) is 3.84. The summed E-state index contributed by atoms with van der Waals surface area (Å²) < 4.78 is 5.35. The molecule has 2 rings (SSSR count). The fraction of sp³-hybridized carbons (Fsp3) is 0.588. The van der Waals surface area contributed by atoms with Gasteiger partial charge in [-0.1, -0.05) is 12.1 Å². The Morgan fingerprint density at radius 3 is 2.54 bits per heavy atom. The Hall–Kier alpha value is -1.22. The number of aliphatic imine (C=N–C) groups is 1. The molecule has 0 unspecified atom stereocenters. The lowest BCUT2D eigenvalue weighted by molar-refractivity contribution is 0.155. The molecule has 1 fully saturated rings. The van der Waals surface area contributed by atoms with Crippen LogP contribution in [0.4, 0.5) is 5.69 Å². The molecule has 2 N–H and O–H groups in total. The number of guanidine groups is 1. The van der Waals surface area contributed by atoms with Gasteiger partial charge < -0.3 is 25.0 Å². The van der Waals surface area contributed by atoms with Crippen molar-refractivity contribution in [2.75, 3.05) is 57.4 Å². The largest absolute Gasteiger partial charge is 0.506 e. The maximum absolute atomic E-state index is 9.98. The van der Waals surface area contributed by atoms with E-state index in [0.29, 0.717) is 18.9 Å². The van der Waals surface area contributed by atoms with Gasteiger partial charge in [0, 0.05) is 39.3 Å². The number of para-hydroxylation sites is 2. The molecule has 0 aromatic heterocycles. The van der Waals surface area contributed by atoms with E-state index >= 15 is 0 Å². The average molecular weight is 448 g/mol. The van der Waals surface area contributed by atoms with E-state index in [1.807, 2.05) is 25.1 Å². The predicted molar refractivity (Wildman–Crippen MR) is 110 cm³/mol. The van der Waals surface area contributed by atoms with Gasteiger partial charge in [-0.2, -0.15) is 0 Å². The first-order valence-electron chi connectivity index (χ1n) is 8.40. The summed E-state index contributed by atoms with van der Waals surface area (Å²) >= 11 is 0. The summed E-state index contributed by atoms with van der Waals surface area (Å²) in [7, 11) is 0. The fourth-order valence-corrected chi connectivity index (χ4v) is 2.68. The molecule has 1 aliphatic rings. The van der Waals surface area contributed by atoms with E-state index in [4.69, 9.17) is 4.74 Å². The Kier molecular flexibility index (Phi) is 9.85. The molecule has 24 heavy (non-hydrogen) atoms. The van der Waals surface area contributed by atoms with Crippen molar-refractivity contribution in [1.82, 2.24) is 10.2 Å². The molecule has 0 bridgehead atoms. The number of ether oxygens (including phenoxy) is 1. The molecule has 136 valence electrons. The molecule has 0 atom stereocenters. The van der Waals surface area contributed by atoms with Gasteiger partial charge in [-0.25, -0.2) is 0 Å². The number of piperazine rings is 1. The van der Waals surface area contributed by atoms with E-state index in [9.17, 15) is 5.11 Å². The normalized spacial score (nSPS) is 15.2. The number of anilines is 1. The Morgan fingerprint density at radius 2 is 1.92 bits per heavy atom. The lowest BCUT2D eigenvalue weighted by Gasteiger charge is -2.37. The molecule has 0 saturated carbocycles. The second kappa shape index (κ2) is 11.4. The number of phenolic OH excluding ortho intramolecular Hbond substituents is 1. The van der Waals surface area contributed by atoms with Crippen LogP contribution in [0.1, 0.15) is 13.8 Å². The number of rotatable bonds is 6. The number of hydrogen-bond donors (Lipinski definition) is 2. The number of phenols is 1. The van der Waals surface area contributed by atoms with E-state index in [0.717, 1.165) is 51.0 Å². The third kappa shape index (κ3) is 6.01. The van der Waals surface area contributed by atoms with Crippen LogP contribution in [-0.4, -0.2) is 68.4 Å². The summed E-state index contributed by atoms with van der Waals surface area (Å²) in [6.07, 6.45) is 0. The fourth-order valence-electron chi connectivity index (χ4n) is 2.68. The molecule has 6 nitrogen and oxygen atoms in total. The van der Waals surface area contributed by atoms with Gasteiger partial charge in [-0.3, -0.25) is 4.99 Å². The molecule has 7 heteroatoms. The monoisotopic (exact) mass is 448 g/mol. The van der Waals surface area contributed by atoms with Crippen LogP contribution < -0.4 is 10.2 Å². The van der Waals surface area contributed by atoms with Gasteiger partial charge in [-0.15, -0.1) is 24.0 Å². The van der Waals surface area contributed by atoms with Crippen molar-refractivity contribution in [2.24, 2.45) is 4.99 Å². The van der Waals surface area contributed by atoms with Crippen LogP contribution in [0.2, 0.25) is 0 Å². The molecule has 1 aliphatic heterocycles. The molecule has 1 heterocycles. The third-order valence-electron chi connectivity index (χ3n) is 3.84. The number of nitrogens with one attached hydrogen (secondary N) is 1.